The summed E-state index contributed by atoms with van der Waals surface area (Å²) in [6.45, 7) is 7.01. The zero-order valence-electron chi connectivity index (χ0n) is 12.5. The van der Waals surface area contributed by atoms with Crippen molar-refractivity contribution in [3.8, 4) is 0 Å². The lowest BCUT2D eigenvalue weighted by Crippen LogP contribution is -2.51. The average molecular weight is 269 g/mol. The van der Waals surface area contributed by atoms with E-state index in [1.54, 1.807) is 7.05 Å². The molecule has 1 saturated heterocycles. The highest BCUT2D eigenvalue weighted by Gasteiger charge is 2.28. The molecule has 0 aromatic rings. The van der Waals surface area contributed by atoms with Gasteiger partial charge in [-0.05, 0) is 39.2 Å². The van der Waals surface area contributed by atoms with E-state index < -0.39 is 0 Å². The van der Waals surface area contributed by atoms with Gasteiger partial charge in [-0.1, -0.05) is 13.3 Å². The molecule has 1 heterocycles. The number of piperidine rings is 1. The van der Waals surface area contributed by atoms with Crippen LogP contribution in [-0.2, 0) is 9.59 Å². The van der Waals surface area contributed by atoms with Gasteiger partial charge in [-0.15, -0.1) is 0 Å². The van der Waals surface area contributed by atoms with Crippen LogP contribution < -0.4 is 10.6 Å². The fourth-order valence-corrected chi connectivity index (χ4v) is 2.48. The lowest BCUT2D eigenvalue weighted by atomic mass is 9.90. The number of hydrogen-bond acceptors (Lipinski definition) is 3. The largest absolute Gasteiger partial charge is 0.352 e. The van der Waals surface area contributed by atoms with Crippen LogP contribution in [0.4, 0.5) is 0 Å². The minimum Gasteiger partial charge on any atom is -0.352 e. The van der Waals surface area contributed by atoms with Crippen molar-refractivity contribution in [3.63, 3.8) is 0 Å². The minimum atomic E-state index is -0.129. The van der Waals surface area contributed by atoms with Gasteiger partial charge in [0.2, 0.25) is 11.8 Å². The van der Waals surface area contributed by atoms with Crippen LogP contribution in [0.25, 0.3) is 0 Å². The third-order valence-corrected chi connectivity index (χ3v) is 3.59. The van der Waals surface area contributed by atoms with E-state index in [1.807, 2.05) is 13.8 Å². The van der Waals surface area contributed by atoms with Gasteiger partial charge in [-0.25, -0.2) is 0 Å². The van der Waals surface area contributed by atoms with E-state index in [1.165, 1.54) is 4.90 Å². The third-order valence-electron chi connectivity index (χ3n) is 3.59. The predicted molar refractivity (Wildman–Crippen MR) is 75.7 cm³/mol. The van der Waals surface area contributed by atoms with Crippen LogP contribution in [0.1, 0.15) is 40.0 Å². The molecular formula is C14H27N3O2. The number of nitrogens with zero attached hydrogens (tertiary/aromatic N) is 1. The molecule has 0 spiro atoms. The number of amides is 2. The summed E-state index contributed by atoms with van der Waals surface area (Å²) < 4.78 is 0. The summed E-state index contributed by atoms with van der Waals surface area (Å²) in [6, 6.07) is -0.0242. The fraction of sp³-hybridized carbons (Fsp3) is 0.857. The topological polar surface area (TPSA) is 61.4 Å². The maximum absolute atomic E-state index is 12.3. The molecule has 0 aliphatic carbocycles. The van der Waals surface area contributed by atoms with Crippen molar-refractivity contribution in [2.24, 2.45) is 5.92 Å². The molecule has 5 heteroatoms. The van der Waals surface area contributed by atoms with Gasteiger partial charge < -0.3 is 15.5 Å². The van der Waals surface area contributed by atoms with Crippen LogP contribution in [0.2, 0.25) is 0 Å². The van der Waals surface area contributed by atoms with Crippen molar-refractivity contribution < 1.29 is 9.59 Å². The molecule has 0 aromatic carbocycles. The van der Waals surface area contributed by atoms with Gasteiger partial charge >= 0.3 is 0 Å². The molecule has 1 aliphatic heterocycles. The summed E-state index contributed by atoms with van der Waals surface area (Å²) >= 11 is 0. The zero-order valence-corrected chi connectivity index (χ0v) is 12.5. The first kappa shape index (κ1) is 16.0. The molecular weight excluding hydrogens is 242 g/mol. The molecule has 2 N–H and O–H groups in total. The lowest BCUT2D eigenvalue weighted by molar-refractivity contribution is -0.137. The normalized spacial score (nSPS) is 23.2. The molecule has 110 valence electrons. The number of carbonyl (C=O) groups excluding carboxylic acids is 2. The fourth-order valence-electron chi connectivity index (χ4n) is 2.48. The molecule has 5 nitrogen and oxygen atoms in total. The van der Waals surface area contributed by atoms with Gasteiger partial charge in [0.1, 0.15) is 0 Å². The Balaban J connectivity index is 2.45. The van der Waals surface area contributed by atoms with Crippen LogP contribution in [-0.4, -0.2) is 48.9 Å². The van der Waals surface area contributed by atoms with Crippen molar-refractivity contribution in [1.29, 1.82) is 0 Å². The number of hydrogen-bond donors (Lipinski definition) is 2. The number of likely N-dealkylation sites (N-methyl/N-ethyl adjacent to an activating group) is 1. The third kappa shape index (κ3) is 5.19. The molecule has 0 bridgehead atoms. The first-order valence-electron chi connectivity index (χ1n) is 7.21. The Hall–Kier alpha value is -1.10. The second-order valence-corrected chi connectivity index (χ2v) is 5.72. The summed E-state index contributed by atoms with van der Waals surface area (Å²) in [4.78, 5) is 25.4. The average Bonchev–Trinajstić information content (AvgIpc) is 2.36. The Labute approximate surface area is 116 Å². The van der Waals surface area contributed by atoms with Gasteiger partial charge in [0, 0.05) is 13.1 Å². The maximum Gasteiger partial charge on any atom is 0.239 e. The molecule has 1 rings (SSSR count). The van der Waals surface area contributed by atoms with Crippen molar-refractivity contribution >= 4 is 11.8 Å². The molecule has 1 fully saturated rings. The summed E-state index contributed by atoms with van der Waals surface area (Å²) in [5, 5.41) is 6.05. The Kier molecular flexibility index (Phi) is 6.28. The van der Waals surface area contributed by atoms with Gasteiger partial charge in [-0.2, -0.15) is 0 Å². The quantitative estimate of drug-likeness (QED) is 0.774. The number of rotatable bonds is 5. The van der Waals surface area contributed by atoms with Crippen LogP contribution in [0.5, 0.6) is 0 Å². The Morgan fingerprint density at radius 3 is 2.68 bits per heavy atom. The van der Waals surface area contributed by atoms with Gasteiger partial charge in [0.25, 0.3) is 0 Å². The van der Waals surface area contributed by atoms with Crippen molar-refractivity contribution in [2.75, 3.05) is 20.1 Å². The summed E-state index contributed by atoms with van der Waals surface area (Å²) in [5.74, 6) is 0.541. The molecule has 19 heavy (non-hydrogen) atoms. The van der Waals surface area contributed by atoms with E-state index >= 15 is 0 Å². The number of carbonyl (C=O) groups is 2. The first-order chi connectivity index (χ1) is 8.93. The summed E-state index contributed by atoms with van der Waals surface area (Å²) in [6.07, 6.45) is 3.13. The Bertz CT molecular complexity index is 318. The van der Waals surface area contributed by atoms with Gasteiger partial charge in [0.15, 0.2) is 0 Å². The highest BCUT2D eigenvalue weighted by atomic mass is 16.2. The van der Waals surface area contributed by atoms with E-state index in [9.17, 15) is 9.59 Å². The minimum absolute atomic E-state index is 0.0251. The van der Waals surface area contributed by atoms with Gasteiger partial charge in [0.05, 0.1) is 12.6 Å². The highest BCUT2D eigenvalue weighted by Crippen LogP contribution is 2.20. The lowest BCUT2D eigenvalue weighted by Gasteiger charge is -2.31. The van der Waals surface area contributed by atoms with Crippen molar-refractivity contribution in [1.82, 2.24) is 15.5 Å². The molecule has 2 amide bonds. The van der Waals surface area contributed by atoms with Crippen LogP contribution in [0.15, 0.2) is 0 Å². The second-order valence-electron chi connectivity index (χ2n) is 5.72. The summed E-state index contributed by atoms with van der Waals surface area (Å²) in [5.41, 5.74) is 0. The molecule has 0 aromatic heterocycles. The second kappa shape index (κ2) is 7.48. The van der Waals surface area contributed by atoms with E-state index in [0.717, 1.165) is 25.8 Å². The highest BCUT2D eigenvalue weighted by molar-refractivity contribution is 5.87. The molecule has 0 radical (unpaired) electrons. The first-order valence-corrected chi connectivity index (χ1v) is 7.21. The Morgan fingerprint density at radius 2 is 2.11 bits per heavy atom. The molecule has 0 saturated carbocycles. The standard InChI is InChI=1S/C14H27N3O2/c1-5-11-6-7-15-12(8-11)14(19)17(4)9-13(18)16-10(2)3/h10-12,15H,5-9H2,1-4H3,(H,16,18). The number of nitrogens with one attached hydrogen (secondary N) is 2. The monoisotopic (exact) mass is 269 g/mol. The van der Waals surface area contributed by atoms with Crippen LogP contribution >= 0.6 is 0 Å². The predicted octanol–water partition coefficient (Wildman–Crippen LogP) is 0.748. The van der Waals surface area contributed by atoms with Crippen molar-refractivity contribution in [2.45, 2.75) is 52.1 Å². The van der Waals surface area contributed by atoms with E-state index in [0.29, 0.717) is 5.92 Å². The maximum atomic E-state index is 12.3. The Morgan fingerprint density at radius 1 is 1.42 bits per heavy atom. The van der Waals surface area contributed by atoms with E-state index in [2.05, 4.69) is 17.6 Å². The van der Waals surface area contributed by atoms with Crippen LogP contribution in [0, 0.1) is 5.92 Å². The molecule has 2 atom stereocenters. The van der Waals surface area contributed by atoms with E-state index in [4.69, 9.17) is 0 Å². The van der Waals surface area contributed by atoms with Crippen LogP contribution in [0.3, 0.4) is 0 Å². The van der Waals surface area contributed by atoms with Gasteiger partial charge in [-0.3, -0.25) is 9.59 Å². The zero-order chi connectivity index (χ0) is 14.4. The van der Waals surface area contributed by atoms with Crippen molar-refractivity contribution in [3.05, 3.63) is 0 Å². The molecule has 2 unspecified atom stereocenters. The SMILES string of the molecule is CCC1CCNC(C(=O)N(C)CC(=O)NC(C)C)C1. The van der Waals surface area contributed by atoms with E-state index in [-0.39, 0.29) is 30.4 Å². The smallest absolute Gasteiger partial charge is 0.239 e. The molecule has 1 aliphatic rings. The summed E-state index contributed by atoms with van der Waals surface area (Å²) in [7, 11) is 1.69.